The quantitative estimate of drug-likeness (QED) is 0.109. The smallest absolute Gasteiger partial charge is 0.266 e. The zero-order valence-electron chi connectivity index (χ0n) is 39.3. The Bertz CT molecular complexity index is 1670. The van der Waals surface area contributed by atoms with Crippen LogP contribution in [0, 0.1) is 35.5 Å². The summed E-state index contributed by atoms with van der Waals surface area (Å²) in [6.45, 7) is 18.1. The van der Waals surface area contributed by atoms with E-state index in [4.69, 9.17) is 14.0 Å². The van der Waals surface area contributed by atoms with Gasteiger partial charge in [0.15, 0.2) is 5.78 Å². The number of likely N-dealkylation sites (N-methyl/N-ethyl adjacent to an activating group) is 2. The number of likely N-dealkylation sites (tertiary alicyclic amines) is 1. The first kappa shape index (κ1) is 53.9. The van der Waals surface area contributed by atoms with Gasteiger partial charge in [0.1, 0.15) is 5.78 Å². The number of hydrogen-bond acceptors (Lipinski definition) is 10. The molecule has 1 aromatic carbocycles. The monoisotopic (exact) mass is 879 g/mol. The molecule has 0 aliphatic carbocycles. The Balaban J connectivity index is 2.32. The third-order valence-corrected chi connectivity index (χ3v) is 13.6. The normalized spacial score (nSPS) is 18.7. The van der Waals surface area contributed by atoms with Gasteiger partial charge in [-0.05, 0) is 63.5 Å². The van der Waals surface area contributed by atoms with Gasteiger partial charge in [0.25, 0.3) is 10.1 Å². The van der Waals surface area contributed by atoms with Crippen molar-refractivity contribution < 1.29 is 46.4 Å². The van der Waals surface area contributed by atoms with Crippen molar-refractivity contribution in [3.63, 3.8) is 0 Å². The molecule has 0 bridgehead atoms. The summed E-state index contributed by atoms with van der Waals surface area (Å²) in [7, 11) is 2.47. The number of nitrogens with zero attached hydrogens (tertiary/aromatic N) is 3. The van der Waals surface area contributed by atoms with Crippen LogP contribution in [0.25, 0.3) is 0 Å². The summed E-state index contributed by atoms with van der Waals surface area (Å²) in [6, 6.07) is 8.13. The maximum Gasteiger partial charge on any atom is 0.266 e. The highest BCUT2D eigenvalue weighted by Gasteiger charge is 2.43. The van der Waals surface area contributed by atoms with E-state index in [1.54, 1.807) is 30.9 Å². The number of Topliss-reactive ketones (excluding diaryl/α,β-unsaturated/α-hetero) is 2. The lowest BCUT2D eigenvalue weighted by atomic mass is 9.83. The lowest BCUT2D eigenvalue weighted by Gasteiger charge is -2.41. The van der Waals surface area contributed by atoms with Gasteiger partial charge in [0.2, 0.25) is 17.7 Å². The van der Waals surface area contributed by atoms with Gasteiger partial charge in [-0.3, -0.25) is 33.4 Å². The van der Waals surface area contributed by atoms with E-state index in [2.05, 4.69) is 24.1 Å². The van der Waals surface area contributed by atoms with Crippen LogP contribution in [-0.4, -0.2) is 140 Å². The van der Waals surface area contributed by atoms with Crippen LogP contribution >= 0.6 is 0 Å². The molecule has 1 aromatic rings. The Kier molecular flexibility index (Phi) is 22.2. The highest BCUT2D eigenvalue weighted by molar-refractivity contribution is 7.85. The molecule has 2 rings (SSSR count). The van der Waals surface area contributed by atoms with Crippen molar-refractivity contribution in [2.45, 2.75) is 144 Å². The van der Waals surface area contributed by atoms with Gasteiger partial charge in [-0.25, -0.2) is 0 Å². The van der Waals surface area contributed by atoms with Crippen LogP contribution in [0.15, 0.2) is 30.3 Å². The van der Waals surface area contributed by atoms with Crippen molar-refractivity contribution >= 4 is 39.4 Å². The van der Waals surface area contributed by atoms with E-state index in [9.17, 15) is 32.4 Å². The number of benzene rings is 1. The number of methoxy groups -OCH3 is 2. The highest BCUT2D eigenvalue weighted by atomic mass is 32.2. The van der Waals surface area contributed by atoms with Gasteiger partial charge in [0, 0.05) is 71.0 Å². The molecule has 1 unspecified atom stereocenters. The predicted octanol–water partition coefficient (Wildman–Crippen LogP) is 5.33. The lowest BCUT2D eigenvalue weighted by molar-refractivity contribution is -0.149. The molecule has 61 heavy (non-hydrogen) atoms. The Labute approximate surface area is 367 Å². The number of rotatable bonds is 27. The summed E-state index contributed by atoms with van der Waals surface area (Å²) in [5.74, 6) is -3.84. The van der Waals surface area contributed by atoms with E-state index in [0.717, 1.165) is 12.0 Å². The number of hydrogen-bond donors (Lipinski definition) is 2. The minimum absolute atomic E-state index is 0.0127. The average molecular weight is 879 g/mol. The van der Waals surface area contributed by atoms with Gasteiger partial charge >= 0.3 is 0 Å². The van der Waals surface area contributed by atoms with Gasteiger partial charge in [-0.1, -0.05) is 85.2 Å². The van der Waals surface area contributed by atoms with Crippen molar-refractivity contribution in [3.8, 4) is 0 Å². The molecular weight excluding hydrogens is 801 g/mol. The molecule has 9 atom stereocenters. The topological polar surface area (TPSA) is 180 Å². The SMILES string of the molecule is CC[C@H](C)[C@@H]([C@@H](CC(=O)N1CCCC1[C@H](OC)[C@@H](C)C(=O)C[C@@H](Cc1ccccc1)C(=O)NCCS(=O)(=O)O)OC)N(C)C(=O)[C@@H](CC(=O)[C@H](C(C)C)N(C)C(C)C)C(C)C. The number of carbonyl (C=O) groups is 5. The highest BCUT2D eigenvalue weighted by Crippen LogP contribution is 2.32. The Hall–Kier alpha value is -3.24. The molecule has 2 N–H and O–H groups in total. The molecule has 0 radical (unpaired) electrons. The first-order valence-corrected chi connectivity index (χ1v) is 23.8. The number of nitrogens with one attached hydrogen (secondary N) is 1. The fraction of sp³-hybridized carbons (Fsp3) is 0.761. The first-order valence-electron chi connectivity index (χ1n) is 22.2. The van der Waals surface area contributed by atoms with Crippen molar-refractivity contribution in [2.75, 3.05) is 47.2 Å². The fourth-order valence-corrected chi connectivity index (χ4v) is 9.33. The lowest BCUT2D eigenvalue weighted by Crippen LogP contribution is -2.54. The molecular formula is C46H78N4O10S. The fourth-order valence-electron chi connectivity index (χ4n) is 8.97. The van der Waals surface area contributed by atoms with E-state index in [-0.39, 0.29) is 85.4 Å². The molecule has 0 aromatic heterocycles. The third kappa shape index (κ3) is 15.8. The maximum atomic E-state index is 14.5. The summed E-state index contributed by atoms with van der Waals surface area (Å²) in [5.41, 5.74) is 0.826. The van der Waals surface area contributed by atoms with E-state index < -0.39 is 63.8 Å². The third-order valence-electron chi connectivity index (χ3n) is 12.9. The Morgan fingerprint density at radius 1 is 0.885 bits per heavy atom. The second kappa shape index (κ2) is 25.2. The molecule has 14 nitrogen and oxygen atoms in total. The molecule has 0 spiro atoms. The molecule has 348 valence electrons. The standard InChI is InChI=1S/C46H78N4O10S/c1-14-32(8)43(49(11)46(55)36(29(2)3)27-39(52)42(30(4)5)48(10)31(6)7)40(59-12)28-41(53)50-23-18-21-37(50)44(60-13)33(9)38(51)26-35(25-34-19-16-15-17-20-34)45(54)47-22-24-61(56,57)58/h15-17,19-20,29-33,35-37,40,42-44H,14,18,21-28H2,1-13H3,(H,47,54)(H,56,57,58)/t32-,33-,35+,36-,37?,40+,42-,43-,44+/m0/s1. The zero-order chi connectivity index (χ0) is 46.4. The van der Waals surface area contributed by atoms with Crippen molar-refractivity contribution in [1.82, 2.24) is 20.0 Å². The van der Waals surface area contributed by atoms with Crippen molar-refractivity contribution in [2.24, 2.45) is 35.5 Å². The molecule has 3 amide bonds. The predicted molar refractivity (Wildman–Crippen MR) is 238 cm³/mol. The van der Waals surface area contributed by atoms with Crippen molar-refractivity contribution in [3.05, 3.63) is 35.9 Å². The Morgan fingerprint density at radius 3 is 2.02 bits per heavy atom. The second-order valence-electron chi connectivity index (χ2n) is 18.2. The number of amides is 3. The van der Waals surface area contributed by atoms with Crippen LogP contribution in [0.5, 0.6) is 0 Å². The van der Waals surface area contributed by atoms with Crippen LogP contribution in [0.1, 0.15) is 106 Å². The van der Waals surface area contributed by atoms with Crippen LogP contribution in [-0.2, 0) is 50.0 Å². The molecule has 15 heteroatoms. The van der Waals surface area contributed by atoms with E-state index in [1.807, 2.05) is 78.9 Å². The van der Waals surface area contributed by atoms with Crippen molar-refractivity contribution in [1.29, 1.82) is 0 Å². The van der Waals surface area contributed by atoms with Gasteiger partial charge in [-0.2, -0.15) is 8.42 Å². The molecule has 1 aliphatic heterocycles. The molecule has 0 saturated carbocycles. The summed E-state index contributed by atoms with van der Waals surface area (Å²) in [4.78, 5) is 75.6. The van der Waals surface area contributed by atoms with Crippen LogP contribution in [0.4, 0.5) is 0 Å². The molecule has 1 saturated heterocycles. The molecule has 1 fully saturated rings. The van der Waals surface area contributed by atoms with E-state index >= 15 is 0 Å². The average Bonchev–Trinajstić information content (AvgIpc) is 3.68. The van der Waals surface area contributed by atoms with Crippen LogP contribution in [0.2, 0.25) is 0 Å². The molecule has 1 heterocycles. The summed E-state index contributed by atoms with van der Waals surface area (Å²) < 4.78 is 43.8. The van der Waals surface area contributed by atoms with E-state index in [1.165, 1.54) is 7.11 Å². The maximum absolute atomic E-state index is 14.5. The van der Waals surface area contributed by atoms with Gasteiger partial charge in [-0.15, -0.1) is 0 Å². The van der Waals surface area contributed by atoms with Crippen LogP contribution < -0.4 is 5.32 Å². The largest absolute Gasteiger partial charge is 0.379 e. The van der Waals surface area contributed by atoms with Gasteiger partial charge < -0.3 is 24.6 Å². The second-order valence-corrected chi connectivity index (χ2v) is 19.8. The number of ketones is 2. The Morgan fingerprint density at radius 2 is 1.51 bits per heavy atom. The first-order chi connectivity index (χ1) is 28.5. The summed E-state index contributed by atoms with van der Waals surface area (Å²) in [5, 5.41) is 2.55. The number of ether oxygens (including phenoxy) is 2. The number of carbonyl (C=O) groups excluding carboxylic acids is 5. The minimum Gasteiger partial charge on any atom is -0.379 e. The zero-order valence-corrected chi connectivity index (χ0v) is 40.1. The van der Waals surface area contributed by atoms with E-state index in [0.29, 0.717) is 19.4 Å². The minimum atomic E-state index is -4.29. The van der Waals surface area contributed by atoms with Crippen LogP contribution in [0.3, 0.4) is 0 Å². The van der Waals surface area contributed by atoms with Gasteiger partial charge in [0.05, 0.1) is 42.5 Å². The summed E-state index contributed by atoms with van der Waals surface area (Å²) in [6.07, 6.45) is 0.869. The summed E-state index contributed by atoms with van der Waals surface area (Å²) >= 11 is 0. The molecule has 1 aliphatic rings.